The third kappa shape index (κ3) is 4.65. The van der Waals surface area contributed by atoms with Crippen molar-refractivity contribution in [2.45, 2.75) is 44.1 Å². The molecule has 0 fully saturated rings. The number of fused-ring (bicyclic) bond motifs is 1. The second kappa shape index (κ2) is 9.19. The fraction of sp³-hybridized carbons (Fsp3) is 0.421. The zero-order valence-corrected chi connectivity index (χ0v) is 16.4. The van der Waals surface area contributed by atoms with Gasteiger partial charge in [0.25, 0.3) is 0 Å². The number of anilines is 1. The number of hydrogen-bond acceptors (Lipinski definition) is 6. The summed E-state index contributed by atoms with van der Waals surface area (Å²) in [7, 11) is 0. The van der Waals surface area contributed by atoms with Crippen molar-refractivity contribution in [3.63, 3.8) is 0 Å². The van der Waals surface area contributed by atoms with Crippen molar-refractivity contribution >= 4 is 40.0 Å². The molecule has 0 saturated carbocycles. The Morgan fingerprint density at radius 1 is 1.27 bits per heavy atom. The summed E-state index contributed by atoms with van der Waals surface area (Å²) in [6.45, 7) is 2.12. The molecule has 0 radical (unpaired) electrons. The lowest BCUT2D eigenvalue weighted by Crippen LogP contribution is -2.16. The van der Waals surface area contributed by atoms with Gasteiger partial charge in [-0.3, -0.25) is 4.79 Å². The monoisotopic (exact) mass is 390 g/mol. The van der Waals surface area contributed by atoms with Gasteiger partial charge in [0.15, 0.2) is 0 Å². The summed E-state index contributed by atoms with van der Waals surface area (Å²) in [5, 5.41) is 4.36. The van der Waals surface area contributed by atoms with Gasteiger partial charge in [-0.15, -0.1) is 11.3 Å². The SMILES string of the molecule is CCOC(=O)c1c(NC(=O)CSc2ccccn2)sc2c1CCCCC2. The second-order valence-corrected chi connectivity index (χ2v) is 8.09. The lowest BCUT2D eigenvalue weighted by Gasteiger charge is -2.08. The average Bonchev–Trinajstić information content (AvgIpc) is 2.82. The summed E-state index contributed by atoms with van der Waals surface area (Å²) in [6.07, 6.45) is 6.91. The molecule has 138 valence electrons. The smallest absolute Gasteiger partial charge is 0.341 e. The Kier molecular flexibility index (Phi) is 6.68. The van der Waals surface area contributed by atoms with Crippen LogP contribution in [0.4, 0.5) is 5.00 Å². The number of thioether (sulfide) groups is 1. The van der Waals surface area contributed by atoms with Crippen LogP contribution >= 0.6 is 23.1 Å². The van der Waals surface area contributed by atoms with Crippen LogP contribution in [0.15, 0.2) is 29.4 Å². The normalized spacial score (nSPS) is 13.6. The molecule has 0 atom stereocenters. The van der Waals surface area contributed by atoms with E-state index in [1.54, 1.807) is 13.1 Å². The Hall–Kier alpha value is -1.86. The van der Waals surface area contributed by atoms with Gasteiger partial charge in [-0.2, -0.15) is 0 Å². The Labute approximate surface area is 161 Å². The number of hydrogen-bond donors (Lipinski definition) is 1. The van der Waals surface area contributed by atoms with Crippen molar-refractivity contribution in [2.24, 2.45) is 0 Å². The molecule has 2 aromatic rings. The molecule has 0 aliphatic heterocycles. The van der Waals surface area contributed by atoms with E-state index in [1.165, 1.54) is 34.4 Å². The first-order chi connectivity index (χ1) is 12.7. The minimum Gasteiger partial charge on any atom is -0.462 e. The van der Waals surface area contributed by atoms with E-state index in [9.17, 15) is 9.59 Å². The van der Waals surface area contributed by atoms with Crippen molar-refractivity contribution in [2.75, 3.05) is 17.7 Å². The number of ether oxygens (including phenoxy) is 1. The van der Waals surface area contributed by atoms with Crippen molar-refractivity contribution in [1.82, 2.24) is 4.98 Å². The fourth-order valence-electron chi connectivity index (χ4n) is 2.98. The maximum atomic E-state index is 12.5. The summed E-state index contributed by atoms with van der Waals surface area (Å²) < 4.78 is 5.25. The second-order valence-electron chi connectivity index (χ2n) is 5.99. The molecule has 5 nitrogen and oxygen atoms in total. The van der Waals surface area contributed by atoms with Crippen LogP contribution in [0, 0.1) is 0 Å². The first-order valence-electron chi connectivity index (χ1n) is 8.84. The number of rotatable bonds is 6. The zero-order valence-electron chi connectivity index (χ0n) is 14.7. The lowest BCUT2D eigenvalue weighted by atomic mass is 10.1. The number of thiophene rings is 1. The van der Waals surface area contributed by atoms with Gasteiger partial charge >= 0.3 is 5.97 Å². The Bertz CT molecular complexity index is 775. The van der Waals surface area contributed by atoms with Crippen LogP contribution in [-0.4, -0.2) is 29.2 Å². The number of pyridine rings is 1. The molecule has 0 saturated heterocycles. The zero-order chi connectivity index (χ0) is 18.4. The van der Waals surface area contributed by atoms with Crippen molar-refractivity contribution in [3.8, 4) is 0 Å². The van der Waals surface area contributed by atoms with E-state index in [0.29, 0.717) is 17.2 Å². The number of nitrogens with zero attached hydrogens (tertiary/aromatic N) is 1. The highest BCUT2D eigenvalue weighted by atomic mass is 32.2. The summed E-state index contributed by atoms with van der Waals surface area (Å²) in [4.78, 5) is 30.3. The topological polar surface area (TPSA) is 68.3 Å². The van der Waals surface area contributed by atoms with Crippen LogP contribution in [0.2, 0.25) is 0 Å². The van der Waals surface area contributed by atoms with Gasteiger partial charge in [0.05, 0.1) is 22.9 Å². The predicted molar refractivity (Wildman–Crippen MR) is 105 cm³/mol. The first kappa shape index (κ1) is 18.9. The largest absolute Gasteiger partial charge is 0.462 e. The van der Waals surface area contributed by atoms with Crippen molar-refractivity contribution < 1.29 is 14.3 Å². The quantitative estimate of drug-likeness (QED) is 0.452. The van der Waals surface area contributed by atoms with Crippen LogP contribution in [0.25, 0.3) is 0 Å². The third-order valence-corrected chi connectivity index (χ3v) is 6.29. The van der Waals surface area contributed by atoms with Crippen LogP contribution in [0.3, 0.4) is 0 Å². The summed E-state index contributed by atoms with van der Waals surface area (Å²) in [6, 6.07) is 5.60. The molecule has 0 aromatic carbocycles. The molecule has 0 bridgehead atoms. The highest BCUT2D eigenvalue weighted by Gasteiger charge is 2.26. The number of aromatic nitrogens is 1. The summed E-state index contributed by atoms with van der Waals surface area (Å²) in [5.41, 5.74) is 1.63. The molecule has 2 heterocycles. The van der Waals surface area contributed by atoms with Gasteiger partial charge in [-0.1, -0.05) is 24.2 Å². The van der Waals surface area contributed by atoms with Gasteiger partial charge in [0, 0.05) is 11.1 Å². The van der Waals surface area contributed by atoms with Gasteiger partial charge < -0.3 is 10.1 Å². The van der Waals surface area contributed by atoms with E-state index >= 15 is 0 Å². The van der Waals surface area contributed by atoms with E-state index in [1.807, 2.05) is 18.2 Å². The number of carbonyl (C=O) groups is 2. The standard InChI is InChI=1S/C19H22N2O3S2/c1-2-24-19(23)17-13-8-4-3-5-9-14(13)26-18(17)21-15(22)12-25-16-10-6-7-11-20-16/h6-7,10-11H,2-5,8-9,12H2,1H3,(H,21,22). The van der Waals surface area contributed by atoms with Gasteiger partial charge in [-0.05, 0) is 50.3 Å². The maximum absolute atomic E-state index is 12.5. The van der Waals surface area contributed by atoms with E-state index in [2.05, 4.69) is 10.3 Å². The van der Waals surface area contributed by atoms with E-state index in [4.69, 9.17) is 4.74 Å². The Balaban J connectivity index is 1.75. The molecule has 0 spiro atoms. The molecule has 2 aromatic heterocycles. The molecule has 1 amide bonds. The molecule has 1 N–H and O–H groups in total. The van der Waals surface area contributed by atoms with E-state index in [0.717, 1.165) is 36.3 Å². The summed E-state index contributed by atoms with van der Waals surface area (Å²) in [5.74, 6) is -0.218. The van der Waals surface area contributed by atoms with Gasteiger partial charge in [-0.25, -0.2) is 9.78 Å². The van der Waals surface area contributed by atoms with Crippen LogP contribution in [-0.2, 0) is 22.4 Å². The molecule has 3 rings (SSSR count). The number of aryl methyl sites for hydroxylation is 1. The highest BCUT2D eigenvalue weighted by Crippen LogP contribution is 2.38. The minimum absolute atomic E-state index is 0.136. The number of carbonyl (C=O) groups excluding carboxylic acids is 2. The fourth-order valence-corrected chi connectivity index (χ4v) is 4.94. The first-order valence-corrected chi connectivity index (χ1v) is 10.6. The van der Waals surface area contributed by atoms with Crippen LogP contribution in [0.5, 0.6) is 0 Å². The Morgan fingerprint density at radius 3 is 2.88 bits per heavy atom. The number of nitrogens with one attached hydrogen (secondary N) is 1. The molecule has 7 heteroatoms. The predicted octanol–water partition coefficient (Wildman–Crippen LogP) is 4.32. The number of esters is 1. The van der Waals surface area contributed by atoms with Crippen molar-refractivity contribution in [1.29, 1.82) is 0 Å². The molecule has 26 heavy (non-hydrogen) atoms. The van der Waals surface area contributed by atoms with E-state index in [-0.39, 0.29) is 17.6 Å². The van der Waals surface area contributed by atoms with Crippen LogP contribution < -0.4 is 5.32 Å². The lowest BCUT2D eigenvalue weighted by molar-refractivity contribution is -0.113. The highest BCUT2D eigenvalue weighted by molar-refractivity contribution is 7.99. The molecule has 0 unspecified atom stereocenters. The number of amides is 1. The minimum atomic E-state index is -0.334. The molecular formula is C19H22N2O3S2. The molecular weight excluding hydrogens is 368 g/mol. The maximum Gasteiger partial charge on any atom is 0.341 e. The van der Waals surface area contributed by atoms with Crippen LogP contribution in [0.1, 0.15) is 47.0 Å². The van der Waals surface area contributed by atoms with Gasteiger partial charge in [0.2, 0.25) is 5.91 Å². The van der Waals surface area contributed by atoms with Gasteiger partial charge in [0.1, 0.15) is 5.00 Å². The average molecular weight is 391 g/mol. The third-order valence-electron chi connectivity index (χ3n) is 4.14. The summed E-state index contributed by atoms with van der Waals surface area (Å²) >= 11 is 2.90. The Morgan fingerprint density at radius 2 is 2.12 bits per heavy atom. The molecule has 1 aliphatic carbocycles. The van der Waals surface area contributed by atoms with Crippen molar-refractivity contribution in [3.05, 3.63) is 40.4 Å². The molecule has 1 aliphatic rings. The van der Waals surface area contributed by atoms with E-state index < -0.39 is 0 Å².